The van der Waals surface area contributed by atoms with Gasteiger partial charge in [0.15, 0.2) is 12.4 Å². The van der Waals surface area contributed by atoms with Gasteiger partial charge in [-0.15, -0.1) is 0 Å². The lowest BCUT2D eigenvalue weighted by molar-refractivity contribution is -0.118. The quantitative estimate of drug-likeness (QED) is 0.689. The van der Waals surface area contributed by atoms with Gasteiger partial charge in [0.05, 0.1) is 18.5 Å². The van der Waals surface area contributed by atoms with Gasteiger partial charge in [-0.1, -0.05) is 18.2 Å². The number of aromatic nitrogens is 1. The molecule has 1 N–H and O–H groups in total. The molecule has 2 aromatic heterocycles. The molecule has 3 heterocycles. The summed E-state index contributed by atoms with van der Waals surface area (Å²) in [5.41, 5.74) is 2.74. The van der Waals surface area contributed by atoms with Crippen molar-refractivity contribution in [3.8, 4) is 23.4 Å². The first-order chi connectivity index (χ1) is 14.5. The number of anilines is 1. The third kappa shape index (κ3) is 4.04. The molecule has 152 valence electrons. The fourth-order valence-corrected chi connectivity index (χ4v) is 3.43. The van der Waals surface area contributed by atoms with Crippen LogP contribution in [0.15, 0.2) is 53.1 Å². The largest absolute Gasteiger partial charge is 0.467 e. The Morgan fingerprint density at radius 1 is 1.23 bits per heavy atom. The third-order valence-electron chi connectivity index (χ3n) is 4.85. The zero-order chi connectivity index (χ0) is 21.1. The number of nitrogens with zero attached hydrogens (tertiary/aromatic N) is 2. The Kier molecular flexibility index (Phi) is 5.25. The van der Waals surface area contributed by atoms with E-state index in [0.29, 0.717) is 35.7 Å². The van der Waals surface area contributed by atoms with Gasteiger partial charge < -0.3 is 19.2 Å². The highest BCUT2D eigenvalue weighted by molar-refractivity contribution is 5.91. The van der Waals surface area contributed by atoms with Crippen molar-refractivity contribution in [3.63, 3.8) is 0 Å². The number of pyridine rings is 1. The SMILES string of the molecule is CC1(C)Cc2c(C#N)c(OCC(=O)Nc3ccccc3)nc(-c3ccco3)c2CO1. The summed E-state index contributed by atoms with van der Waals surface area (Å²) < 4.78 is 17.2. The zero-order valence-electron chi connectivity index (χ0n) is 16.8. The third-order valence-corrected chi connectivity index (χ3v) is 4.85. The topological polar surface area (TPSA) is 97.4 Å². The van der Waals surface area contributed by atoms with Crippen LogP contribution in [0.25, 0.3) is 11.5 Å². The van der Waals surface area contributed by atoms with Crippen molar-refractivity contribution < 1.29 is 18.7 Å². The molecule has 0 aliphatic carbocycles. The van der Waals surface area contributed by atoms with Crippen molar-refractivity contribution in [1.29, 1.82) is 5.26 Å². The number of para-hydroxylation sites is 1. The van der Waals surface area contributed by atoms with Gasteiger partial charge in [0.25, 0.3) is 5.91 Å². The Labute approximate surface area is 174 Å². The molecule has 0 saturated heterocycles. The summed E-state index contributed by atoms with van der Waals surface area (Å²) in [5.74, 6) is 0.328. The van der Waals surface area contributed by atoms with Gasteiger partial charge >= 0.3 is 0 Å². The van der Waals surface area contributed by atoms with E-state index in [-0.39, 0.29) is 18.4 Å². The molecule has 30 heavy (non-hydrogen) atoms. The van der Waals surface area contributed by atoms with Gasteiger partial charge in [0, 0.05) is 17.7 Å². The predicted molar refractivity (Wildman–Crippen MR) is 110 cm³/mol. The van der Waals surface area contributed by atoms with Gasteiger partial charge in [-0.05, 0) is 43.7 Å². The molecule has 0 unspecified atom stereocenters. The van der Waals surface area contributed by atoms with Crippen molar-refractivity contribution in [1.82, 2.24) is 4.98 Å². The highest BCUT2D eigenvalue weighted by Crippen LogP contribution is 2.38. The minimum absolute atomic E-state index is 0.114. The Hall–Kier alpha value is -3.63. The lowest BCUT2D eigenvalue weighted by atomic mass is 9.88. The number of hydrogen-bond acceptors (Lipinski definition) is 6. The minimum atomic E-state index is -0.428. The van der Waals surface area contributed by atoms with E-state index in [2.05, 4.69) is 16.4 Å². The summed E-state index contributed by atoms with van der Waals surface area (Å²) in [4.78, 5) is 16.8. The van der Waals surface area contributed by atoms with Crippen LogP contribution in [0.3, 0.4) is 0 Å². The van der Waals surface area contributed by atoms with Crippen molar-refractivity contribution in [2.75, 3.05) is 11.9 Å². The van der Waals surface area contributed by atoms with E-state index in [1.165, 1.54) is 0 Å². The Bertz CT molecular complexity index is 1100. The zero-order valence-corrected chi connectivity index (χ0v) is 16.8. The molecular weight excluding hydrogens is 382 g/mol. The van der Waals surface area contributed by atoms with Gasteiger partial charge in [0.2, 0.25) is 5.88 Å². The van der Waals surface area contributed by atoms with Crippen LogP contribution in [0, 0.1) is 11.3 Å². The second-order valence-corrected chi connectivity index (χ2v) is 7.61. The molecule has 0 spiro atoms. The maximum Gasteiger partial charge on any atom is 0.262 e. The lowest BCUT2D eigenvalue weighted by Crippen LogP contribution is -2.33. The highest BCUT2D eigenvalue weighted by Gasteiger charge is 2.33. The summed E-state index contributed by atoms with van der Waals surface area (Å²) in [6.45, 7) is 3.98. The van der Waals surface area contributed by atoms with Crippen molar-refractivity contribution in [3.05, 3.63) is 65.4 Å². The number of carbonyl (C=O) groups is 1. The minimum Gasteiger partial charge on any atom is -0.467 e. The monoisotopic (exact) mass is 403 g/mol. The first-order valence-corrected chi connectivity index (χ1v) is 9.58. The van der Waals surface area contributed by atoms with Crippen molar-refractivity contribution in [2.24, 2.45) is 0 Å². The fourth-order valence-electron chi connectivity index (χ4n) is 3.43. The van der Waals surface area contributed by atoms with Crippen LogP contribution >= 0.6 is 0 Å². The Morgan fingerprint density at radius 3 is 2.73 bits per heavy atom. The summed E-state index contributed by atoms with van der Waals surface area (Å²) in [5, 5.41) is 12.6. The van der Waals surface area contributed by atoms with Gasteiger partial charge in [-0.2, -0.15) is 5.26 Å². The lowest BCUT2D eigenvalue weighted by Gasteiger charge is -2.33. The fraction of sp³-hybridized carbons (Fsp3) is 0.261. The summed E-state index contributed by atoms with van der Waals surface area (Å²) in [7, 11) is 0. The number of rotatable bonds is 5. The summed E-state index contributed by atoms with van der Waals surface area (Å²) in [6, 6.07) is 14.9. The summed E-state index contributed by atoms with van der Waals surface area (Å²) in [6.07, 6.45) is 2.08. The van der Waals surface area contributed by atoms with Crippen molar-refractivity contribution in [2.45, 2.75) is 32.5 Å². The average Bonchev–Trinajstić information content (AvgIpc) is 3.26. The molecule has 1 aromatic carbocycles. The maximum atomic E-state index is 12.3. The molecule has 0 fully saturated rings. The molecule has 0 saturated carbocycles. The van der Waals surface area contributed by atoms with Gasteiger partial charge in [-0.25, -0.2) is 4.98 Å². The highest BCUT2D eigenvalue weighted by atomic mass is 16.5. The van der Waals surface area contributed by atoms with E-state index in [1.54, 1.807) is 30.5 Å². The molecule has 4 rings (SSSR count). The van der Waals surface area contributed by atoms with Crippen LogP contribution in [0.4, 0.5) is 5.69 Å². The molecule has 7 nitrogen and oxygen atoms in total. The van der Waals surface area contributed by atoms with E-state index in [9.17, 15) is 10.1 Å². The number of ether oxygens (including phenoxy) is 2. The number of benzene rings is 1. The van der Waals surface area contributed by atoms with Crippen LogP contribution < -0.4 is 10.1 Å². The van der Waals surface area contributed by atoms with Crippen molar-refractivity contribution >= 4 is 11.6 Å². The second kappa shape index (κ2) is 8.01. The first-order valence-electron chi connectivity index (χ1n) is 9.58. The number of furan rings is 1. The number of nitriles is 1. The number of nitrogens with one attached hydrogen (secondary N) is 1. The van der Waals surface area contributed by atoms with E-state index < -0.39 is 5.60 Å². The van der Waals surface area contributed by atoms with Crippen LogP contribution in [-0.4, -0.2) is 23.1 Å². The number of amides is 1. The molecule has 7 heteroatoms. The normalized spacial score (nSPS) is 14.4. The molecule has 1 aliphatic rings. The van der Waals surface area contributed by atoms with Gasteiger partial charge in [-0.3, -0.25) is 4.79 Å². The molecule has 0 atom stereocenters. The van der Waals surface area contributed by atoms with Crippen LogP contribution in [0.5, 0.6) is 5.88 Å². The predicted octanol–water partition coefficient (Wildman–Crippen LogP) is 4.08. The number of carbonyl (C=O) groups excluding carboxylic acids is 1. The van der Waals surface area contributed by atoms with Crippen LogP contribution in [0.2, 0.25) is 0 Å². The molecule has 0 radical (unpaired) electrons. The van der Waals surface area contributed by atoms with E-state index in [1.807, 2.05) is 32.0 Å². The van der Waals surface area contributed by atoms with E-state index >= 15 is 0 Å². The average molecular weight is 403 g/mol. The van der Waals surface area contributed by atoms with E-state index in [0.717, 1.165) is 11.1 Å². The standard InChI is InChI=1S/C23H21N3O4/c1-23(2)11-16-17(12-24)22(29-14-20(27)25-15-7-4-3-5-8-15)26-21(18(16)13-30-23)19-9-6-10-28-19/h3-10H,11,13-14H2,1-2H3,(H,25,27). The molecule has 3 aromatic rings. The Balaban J connectivity index is 1.66. The van der Waals surface area contributed by atoms with E-state index in [4.69, 9.17) is 13.9 Å². The van der Waals surface area contributed by atoms with Crippen LogP contribution in [0.1, 0.15) is 30.5 Å². The molecule has 1 amide bonds. The maximum absolute atomic E-state index is 12.3. The summed E-state index contributed by atoms with van der Waals surface area (Å²) >= 11 is 0. The molecular formula is C23H21N3O4. The molecule has 1 aliphatic heterocycles. The molecule has 0 bridgehead atoms. The van der Waals surface area contributed by atoms with Gasteiger partial charge in [0.1, 0.15) is 17.3 Å². The number of hydrogen-bond donors (Lipinski definition) is 1. The van der Waals surface area contributed by atoms with Crippen LogP contribution in [-0.2, 0) is 22.6 Å². The smallest absolute Gasteiger partial charge is 0.262 e. The Morgan fingerprint density at radius 2 is 2.03 bits per heavy atom. The number of fused-ring (bicyclic) bond motifs is 1. The second-order valence-electron chi connectivity index (χ2n) is 7.61. The first kappa shape index (κ1) is 19.7.